The number of hydrogen-bond acceptors (Lipinski definition) is 4. The second-order valence-corrected chi connectivity index (χ2v) is 6.24. The molecule has 5 nitrogen and oxygen atoms in total. The standard InChI is InChI=1S/C16H27N3O2/c1-6-21-15(20)16(5,17-14-7-8-14)9-10-19-13(4)11(2)12(3)18-19/h14,17H,6-10H2,1-5H3. The van der Waals surface area contributed by atoms with Crippen molar-refractivity contribution >= 4 is 5.97 Å². The van der Waals surface area contributed by atoms with Gasteiger partial charge in [0.25, 0.3) is 0 Å². The molecule has 118 valence electrons. The van der Waals surface area contributed by atoms with Gasteiger partial charge in [-0.05, 0) is 59.4 Å². The number of carbonyl (C=O) groups is 1. The van der Waals surface area contributed by atoms with Crippen LogP contribution in [0.3, 0.4) is 0 Å². The largest absolute Gasteiger partial charge is 0.465 e. The average Bonchev–Trinajstić information content (AvgIpc) is 3.21. The van der Waals surface area contributed by atoms with E-state index in [1.807, 2.05) is 25.5 Å². The fraction of sp³-hybridized carbons (Fsp3) is 0.750. The molecule has 21 heavy (non-hydrogen) atoms. The number of aromatic nitrogens is 2. The molecule has 1 atom stereocenters. The first-order chi connectivity index (χ1) is 9.87. The third-order valence-corrected chi connectivity index (χ3v) is 4.39. The first-order valence-corrected chi connectivity index (χ1v) is 7.83. The molecular formula is C16H27N3O2. The van der Waals surface area contributed by atoms with Crippen LogP contribution in [0.25, 0.3) is 0 Å². The third-order valence-electron chi connectivity index (χ3n) is 4.39. The van der Waals surface area contributed by atoms with Crippen LogP contribution in [0.15, 0.2) is 0 Å². The van der Waals surface area contributed by atoms with Crippen molar-refractivity contribution in [3.8, 4) is 0 Å². The van der Waals surface area contributed by atoms with Crippen molar-refractivity contribution in [2.75, 3.05) is 6.61 Å². The lowest BCUT2D eigenvalue weighted by Crippen LogP contribution is -2.52. The highest BCUT2D eigenvalue weighted by atomic mass is 16.5. The molecule has 1 saturated carbocycles. The van der Waals surface area contributed by atoms with Crippen molar-refractivity contribution in [1.82, 2.24) is 15.1 Å². The minimum atomic E-state index is -0.628. The molecule has 1 fully saturated rings. The third kappa shape index (κ3) is 3.64. The number of aryl methyl sites for hydroxylation is 2. The van der Waals surface area contributed by atoms with Gasteiger partial charge in [0.05, 0.1) is 12.3 Å². The highest BCUT2D eigenvalue weighted by Gasteiger charge is 2.39. The van der Waals surface area contributed by atoms with Crippen LogP contribution in [0.5, 0.6) is 0 Å². The van der Waals surface area contributed by atoms with Crippen molar-refractivity contribution in [3.05, 3.63) is 17.0 Å². The van der Waals surface area contributed by atoms with Crippen LogP contribution in [0.2, 0.25) is 0 Å². The van der Waals surface area contributed by atoms with E-state index in [4.69, 9.17) is 4.74 Å². The summed E-state index contributed by atoms with van der Waals surface area (Å²) in [5.41, 5.74) is 2.82. The molecule has 0 spiro atoms. The molecule has 1 N–H and O–H groups in total. The lowest BCUT2D eigenvalue weighted by Gasteiger charge is -2.28. The van der Waals surface area contributed by atoms with Crippen LogP contribution in [0.4, 0.5) is 0 Å². The van der Waals surface area contributed by atoms with Gasteiger partial charge in [-0.3, -0.25) is 14.8 Å². The fourth-order valence-corrected chi connectivity index (χ4v) is 2.54. The first-order valence-electron chi connectivity index (χ1n) is 7.83. The monoisotopic (exact) mass is 293 g/mol. The lowest BCUT2D eigenvalue weighted by molar-refractivity contribution is -0.151. The van der Waals surface area contributed by atoms with Gasteiger partial charge in [0.1, 0.15) is 5.54 Å². The summed E-state index contributed by atoms with van der Waals surface area (Å²) in [7, 11) is 0. The van der Waals surface area contributed by atoms with E-state index in [2.05, 4.69) is 24.3 Å². The Morgan fingerprint density at radius 1 is 1.43 bits per heavy atom. The van der Waals surface area contributed by atoms with Gasteiger partial charge in [0, 0.05) is 18.3 Å². The summed E-state index contributed by atoms with van der Waals surface area (Å²) in [6, 6.07) is 0.460. The van der Waals surface area contributed by atoms with Crippen molar-refractivity contribution in [3.63, 3.8) is 0 Å². The van der Waals surface area contributed by atoms with Crippen molar-refractivity contribution in [2.45, 2.75) is 72.0 Å². The van der Waals surface area contributed by atoms with Gasteiger partial charge in [0.2, 0.25) is 0 Å². The highest BCUT2D eigenvalue weighted by Crippen LogP contribution is 2.25. The summed E-state index contributed by atoms with van der Waals surface area (Å²) in [6.07, 6.45) is 2.98. The number of nitrogens with zero attached hydrogens (tertiary/aromatic N) is 2. The summed E-state index contributed by atoms with van der Waals surface area (Å²) in [5, 5.41) is 8.00. The van der Waals surface area contributed by atoms with Gasteiger partial charge < -0.3 is 4.74 Å². The molecule has 1 aliphatic rings. The first kappa shape index (κ1) is 16.0. The maximum Gasteiger partial charge on any atom is 0.326 e. The van der Waals surface area contributed by atoms with E-state index in [0.717, 1.165) is 25.1 Å². The molecule has 5 heteroatoms. The van der Waals surface area contributed by atoms with Crippen molar-refractivity contribution < 1.29 is 9.53 Å². The van der Waals surface area contributed by atoms with E-state index in [1.165, 1.54) is 11.3 Å². The number of nitrogens with one attached hydrogen (secondary N) is 1. The molecule has 0 amide bonds. The van der Waals surface area contributed by atoms with E-state index in [1.54, 1.807) is 0 Å². The van der Waals surface area contributed by atoms with Gasteiger partial charge in [-0.1, -0.05) is 0 Å². The van der Waals surface area contributed by atoms with E-state index in [-0.39, 0.29) is 5.97 Å². The maximum absolute atomic E-state index is 12.3. The second kappa shape index (κ2) is 6.18. The summed E-state index contributed by atoms with van der Waals surface area (Å²) in [6.45, 7) is 11.1. The molecule has 1 heterocycles. The number of carbonyl (C=O) groups excluding carboxylic acids is 1. The number of rotatable bonds is 7. The average molecular weight is 293 g/mol. The Hall–Kier alpha value is -1.36. The molecule has 2 rings (SSSR count). The Morgan fingerprint density at radius 3 is 2.57 bits per heavy atom. The predicted octanol–water partition coefficient (Wildman–Crippen LogP) is 2.27. The second-order valence-electron chi connectivity index (χ2n) is 6.24. The number of ether oxygens (including phenoxy) is 1. The van der Waals surface area contributed by atoms with Gasteiger partial charge in [-0.2, -0.15) is 5.10 Å². The number of esters is 1. The van der Waals surface area contributed by atoms with Crippen LogP contribution in [0.1, 0.15) is 50.1 Å². The van der Waals surface area contributed by atoms with Gasteiger partial charge >= 0.3 is 5.97 Å². The molecule has 0 radical (unpaired) electrons. The normalized spacial score (nSPS) is 17.6. The zero-order valence-corrected chi connectivity index (χ0v) is 13.8. The summed E-state index contributed by atoms with van der Waals surface area (Å²) in [5.74, 6) is -0.157. The number of hydrogen-bond donors (Lipinski definition) is 1. The predicted molar refractivity (Wildman–Crippen MR) is 82.3 cm³/mol. The Bertz CT molecular complexity index is 520. The molecule has 0 aliphatic heterocycles. The highest BCUT2D eigenvalue weighted by molar-refractivity contribution is 5.80. The summed E-state index contributed by atoms with van der Waals surface area (Å²) in [4.78, 5) is 12.3. The zero-order valence-electron chi connectivity index (χ0n) is 13.8. The van der Waals surface area contributed by atoms with Gasteiger partial charge in [-0.25, -0.2) is 0 Å². The Balaban J connectivity index is 2.07. The smallest absolute Gasteiger partial charge is 0.326 e. The van der Waals surface area contributed by atoms with E-state index in [0.29, 0.717) is 19.1 Å². The lowest BCUT2D eigenvalue weighted by atomic mass is 9.97. The van der Waals surface area contributed by atoms with Crippen molar-refractivity contribution in [1.29, 1.82) is 0 Å². The summed E-state index contributed by atoms with van der Waals surface area (Å²) >= 11 is 0. The fourth-order valence-electron chi connectivity index (χ4n) is 2.54. The molecule has 1 aliphatic carbocycles. The zero-order chi connectivity index (χ0) is 15.6. The van der Waals surface area contributed by atoms with Crippen LogP contribution in [-0.4, -0.2) is 33.9 Å². The van der Waals surface area contributed by atoms with E-state index < -0.39 is 5.54 Å². The topological polar surface area (TPSA) is 56.2 Å². The van der Waals surface area contributed by atoms with Crippen LogP contribution >= 0.6 is 0 Å². The van der Waals surface area contributed by atoms with Gasteiger partial charge in [-0.15, -0.1) is 0 Å². The maximum atomic E-state index is 12.3. The Labute approximate surface area is 127 Å². The molecule has 1 aromatic heterocycles. The van der Waals surface area contributed by atoms with Crippen molar-refractivity contribution in [2.24, 2.45) is 0 Å². The SMILES string of the molecule is CCOC(=O)C(C)(CCn1nc(C)c(C)c1C)NC1CC1. The minimum Gasteiger partial charge on any atom is -0.465 e. The Kier molecular flexibility index (Phi) is 4.71. The molecule has 0 saturated heterocycles. The van der Waals surface area contributed by atoms with E-state index >= 15 is 0 Å². The summed E-state index contributed by atoms with van der Waals surface area (Å²) < 4.78 is 7.25. The molecule has 1 unspecified atom stereocenters. The molecule has 1 aromatic rings. The van der Waals surface area contributed by atoms with Crippen LogP contribution in [0, 0.1) is 20.8 Å². The molecule has 0 bridgehead atoms. The van der Waals surface area contributed by atoms with Gasteiger partial charge in [0.15, 0.2) is 0 Å². The van der Waals surface area contributed by atoms with E-state index in [9.17, 15) is 4.79 Å². The van der Waals surface area contributed by atoms with Crippen LogP contribution < -0.4 is 5.32 Å². The molecule has 0 aromatic carbocycles. The Morgan fingerprint density at radius 2 is 2.10 bits per heavy atom. The van der Waals surface area contributed by atoms with Crippen LogP contribution in [-0.2, 0) is 16.1 Å². The minimum absolute atomic E-state index is 0.157. The quantitative estimate of drug-likeness (QED) is 0.784. The molecular weight excluding hydrogens is 266 g/mol.